The number of nitrogens with two attached hydrogens (primary N) is 1. The normalized spacial score (nSPS) is 16.0. The van der Waals surface area contributed by atoms with E-state index in [-0.39, 0.29) is 17.2 Å². The third-order valence-electron chi connectivity index (χ3n) is 3.74. The van der Waals surface area contributed by atoms with Gasteiger partial charge in [-0.3, -0.25) is 20.8 Å². The Bertz CT molecular complexity index is 525. The first-order valence-corrected chi connectivity index (χ1v) is 7.18. The van der Waals surface area contributed by atoms with E-state index in [9.17, 15) is 14.9 Å². The lowest BCUT2D eigenvalue weighted by atomic mass is 10.1. The van der Waals surface area contributed by atoms with Crippen molar-refractivity contribution in [3.63, 3.8) is 0 Å². The Morgan fingerprint density at radius 3 is 2.38 bits per heavy atom. The van der Waals surface area contributed by atoms with Crippen molar-refractivity contribution in [3.05, 3.63) is 33.9 Å². The SMILES string of the molecule is NNc1ccc([N+](=O)[O-])cc1C(=O)N1CCCCCCC1. The number of nitrogen functional groups attached to an aromatic ring is 1. The molecular formula is C14H20N4O3. The van der Waals surface area contributed by atoms with Gasteiger partial charge in [-0.05, 0) is 18.9 Å². The summed E-state index contributed by atoms with van der Waals surface area (Å²) in [5.41, 5.74) is 3.00. The fourth-order valence-corrected chi connectivity index (χ4v) is 2.57. The highest BCUT2D eigenvalue weighted by atomic mass is 16.6. The van der Waals surface area contributed by atoms with Crippen molar-refractivity contribution in [2.75, 3.05) is 18.5 Å². The fourth-order valence-electron chi connectivity index (χ4n) is 2.57. The first kappa shape index (κ1) is 15.2. The van der Waals surface area contributed by atoms with Crippen LogP contribution < -0.4 is 11.3 Å². The molecule has 0 aliphatic carbocycles. The molecule has 0 aromatic heterocycles. The van der Waals surface area contributed by atoms with E-state index in [4.69, 9.17) is 5.84 Å². The summed E-state index contributed by atoms with van der Waals surface area (Å²) >= 11 is 0. The van der Waals surface area contributed by atoms with E-state index in [1.54, 1.807) is 4.90 Å². The zero-order valence-electron chi connectivity index (χ0n) is 11.9. The number of likely N-dealkylation sites (tertiary alicyclic amines) is 1. The first-order valence-electron chi connectivity index (χ1n) is 7.18. The molecule has 21 heavy (non-hydrogen) atoms. The van der Waals surface area contributed by atoms with Crippen molar-refractivity contribution in [3.8, 4) is 0 Å². The molecule has 7 heteroatoms. The average molecular weight is 292 g/mol. The van der Waals surface area contributed by atoms with Crippen LogP contribution in [0.15, 0.2) is 18.2 Å². The molecule has 0 unspecified atom stereocenters. The first-order chi connectivity index (χ1) is 10.1. The molecule has 3 N–H and O–H groups in total. The molecule has 0 spiro atoms. The van der Waals surface area contributed by atoms with Gasteiger partial charge in [0.1, 0.15) is 0 Å². The lowest BCUT2D eigenvalue weighted by molar-refractivity contribution is -0.384. The molecule has 1 fully saturated rings. The van der Waals surface area contributed by atoms with Crippen molar-refractivity contribution < 1.29 is 9.72 Å². The highest BCUT2D eigenvalue weighted by molar-refractivity contribution is 6.00. The van der Waals surface area contributed by atoms with Gasteiger partial charge in [0.15, 0.2) is 0 Å². The van der Waals surface area contributed by atoms with Crippen LogP contribution in [0, 0.1) is 10.1 Å². The third kappa shape index (κ3) is 3.69. The number of nitro groups is 1. The molecule has 7 nitrogen and oxygen atoms in total. The minimum absolute atomic E-state index is 0.107. The second-order valence-electron chi connectivity index (χ2n) is 5.19. The number of anilines is 1. The van der Waals surface area contributed by atoms with Gasteiger partial charge in [0.25, 0.3) is 11.6 Å². The van der Waals surface area contributed by atoms with Gasteiger partial charge in [0, 0.05) is 25.2 Å². The van der Waals surface area contributed by atoms with Gasteiger partial charge in [0.2, 0.25) is 0 Å². The standard InChI is InChI=1S/C14H20N4O3/c15-16-13-7-6-11(18(20)21)10-12(13)14(19)17-8-4-2-1-3-5-9-17/h6-7,10,16H,1-5,8-9,15H2. The lowest BCUT2D eigenvalue weighted by Gasteiger charge is -2.25. The second kappa shape index (κ2) is 7.03. The Hall–Kier alpha value is -2.15. The maximum Gasteiger partial charge on any atom is 0.270 e. The predicted molar refractivity (Wildman–Crippen MR) is 79.9 cm³/mol. The number of nitrogens with zero attached hydrogens (tertiary/aromatic N) is 2. The molecule has 0 bridgehead atoms. The zero-order chi connectivity index (χ0) is 15.2. The van der Waals surface area contributed by atoms with Crippen molar-refractivity contribution in [2.24, 2.45) is 5.84 Å². The molecule has 0 atom stereocenters. The Balaban J connectivity index is 2.27. The van der Waals surface area contributed by atoms with Gasteiger partial charge in [-0.2, -0.15) is 0 Å². The maximum atomic E-state index is 12.6. The van der Waals surface area contributed by atoms with Crippen LogP contribution in [0.1, 0.15) is 42.5 Å². The van der Waals surface area contributed by atoms with E-state index in [2.05, 4.69) is 5.43 Å². The van der Waals surface area contributed by atoms with Crippen LogP contribution in [0.4, 0.5) is 11.4 Å². The van der Waals surface area contributed by atoms with Gasteiger partial charge in [-0.1, -0.05) is 19.3 Å². The summed E-state index contributed by atoms with van der Waals surface area (Å²) in [6.07, 6.45) is 5.36. The van der Waals surface area contributed by atoms with Crippen LogP contribution in [0.3, 0.4) is 0 Å². The van der Waals surface area contributed by atoms with E-state index in [1.165, 1.54) is 24.6 Å². The number of non-ortho nitro benzene ring substituents is 1. The Morgan fingerprint density at radius 2 is 1.81 bits per heavy atom. The van der Waals surface area contributed by atoms with E-state index in [0.29, 0.717) is 18.8 Å². The third-order valence-corrected chi connectivity index (χ3v) is 3.74. The van der Waals surface area contributed by atoms with Crippen LogP contribution in [-0.2, 0) is 0 Å². The van der Waals surface area contributed by atoms with Crippen LogP contribution in [-0.4, -0.2) is 28.8 Å². The van der Waals surface area contributed by atoms with Gasteiger partial charge in [-0.15, -0.1) is 0 Å². The molecule has 1 saturated heterocycles. The number of carbonyl (C=O) groups excluding carboxylic acids is 1. The lowest BCUT2D eigenvalue weighted by Crippen LogP contribution is -2.34. The summed E-state index contributed by atoms with van der Waals surface area (Å²) in [5.74, 6) is 5.21. The van der Waals surface area contributed by atoms with E-state index < -0.39 is 4.92 Å². The average Bonchev–Trinajstić information content (AvgIpc) is 2.45. The van der Waals surface area contributed by atoms with Crippen LogP contribution >= 0.6 is 0 Å². The number of hydrogen-bond acceptors (Lipinski definition) is 5. The summed E-state index contributed by atoms with van der Waals surface area (Å²) in [4.78, 5) is 24.8. The Labute approximate surface area is 123 Å². The molecule has 2 rings (SSSR count). The predicted octanol–water partition coefficient (Wildman–Crippen LogP) is 2.29. The molecule has 114 valence electrons. The number of amides is 1. The van der Waals surface area contributed by atoms with Gasteiger partial charge in [-0.25, -0.2) is 0 Å². The molecule has 1 aliphatic heterocycles. The number of nitro benzene ring substituents is 1. The van der Waals surface area contributed by atoms with Crippen LogP contribution in [0.25, 0.3) is 0 Å². The van der Waals surface area contributed by atoms with E-state index >= 15 is 0 Å². The number of rotatable bonds is 3. The van der Waals surface area contributed by atoms with E-state index in [0.717, 1.165) is 25.7 Å². The number of carbonyl (C=O) groups is 1. The molecule has 1 heterocycles. The molecule has 0 radical (unpaired) electrons. The van der Waals surface area contributed by atoms with Gasteiger partial charge >= 0.3 is 0 Å². The zero-order valence-corrected chi connectivity index (χ0v) is 11.9. The van der Waals surface area contributed by atoms with Gasteiger partial charge < -0.3 is 10.3 Å². The minimum Gasteiger partial charge on any atom is -0.339 e. The molecule has 1 aromatic rings. The molecule has 1 aliphatic rings. The number of benzene rings is 1. The minimum atomic E-state index is -0.509. The molecule has 1 amide bonds. The fraction of sp³-hybridized carbons (Fsp3) is 0.500. The highest BCUT2D eigenvalue weighted by Gasteiger charge is 2.22. The summed E-state index contributed by atoms with van der Waals surface area (Å²) in [6, 6.07) is 4.09. The monoisotopic (exact) mass is 292 g/mol. The summed E-state index contributed by atoms with van der Waals surface area (Å²) in [7, 11) is 0. The molecule has 1 aromatic carbocycles. The van der Waals surface area contributed by atoms with Crippen LogP contribution in [0.5, 0.6) is 0 Å². The summed E-state index contributed by atoms with van der Waals surface area (Å²) in [6.45, 7) is 1.37. The van der Waals surface area contributed by atoms with Crippen molar-refractivity contribution in [1.82, 2.24) is 4.90 Å². The van der Waals surface area contributed by atoms with Crippen molar-refractivity contribution >= 4 is 17.3 Å². The molecule has 0 saturated carbocycles. The smallest absolute Gasteiger partial charge is 0.270 e. The molecular weight excluding hydrogens is 272 g/mol. The highest BCUT2D eigenvalue weighted by Crippen LogP contribution is 2.24. The Morgan fingerprint density at radius 1 is 1.19 bits per heavy atom. The number of hydrogen-bond donors (Lipinski definition) is 2. The Kier molecular flexibility index (Phi) is 5.10. The summed E-state index contributed by atoms with van der Waals surface area (Å²) in [5, 5.41) is 10.9. The van der Waals surface area contributed by atoms with Crippen LogP contribution in [0.2, 0.25) is 0 Å². The maximum absolute atomic E-state index is 12.6. The number of nitrogens with one attached hydrogen (secondary N) is 1. The second-order valence-corrected chi connectivity index (χ2v) is 5.19. The van der Waals surface area contributed by atoms with Gasteiger partial charge in [0.05, 0.1) is 16.2 Å². The van der Waals surface area contributed by atoms with E-state index in [1.807, 2.05) is 0 Å². The quantitative estimate of drug-likeness (QED) is 0.505. The topological polar surface area (TPSA) is 101 Å². The number of hydrazine groups is 1. The largest absolute Gasteiger partial charge is 0.339 e. The summed E-state index contributed by atoms with van der Waals surface area (Å²) < 4.78 is 0. The van der Waals surface area contributed by atoms with Crippen molar-refractivity contribution in [1.29, 1.82) is 0 Å². The van der Waals surface area contributed by atoms with Crippen molar-refractivity contribution in [2.45, 2.75) is 32.1 Å².